The molecule has 3 rings (SSSR count). The number of guanidine groups is 1. The molecule has 0 saturated carbocycles. The van der Waals surface area contributed by atoms with Crippen LogP contribution in [-0.2, 0) is 20.0 Å². The standard InChI is InChI=1S/C20H24ClFN6/c1-23-20(27(3)14-19-12-15(21)13-26(19)2)24-10-8-17-9-11-28(25-17)18-6-4-16(22)5-7-18/h4-7,9,11-13H,8,10,14H2,1-3H3,(H,23,24). The number of nitrogens with zero attached hydrogens (tertiary/aromatic N) is 5. The molecule has 6 nitrogen and oxygen atoms in total. The first kappa shape index (κ1) is 19.9. The van der Waals surface area contributed by atoms with E-state index in [-0.39, 0.29) is 5.82 Å². The van der Waals surface area contributed by atoms with Gasteiger partial charge >= 0.3 is 0 Å². The first-order valence-electron chi connectivity index (χ1n) is 8.99. The molecule has 3 aromatic rings. The Kier molecular flexibility index (Phi) is 6.36. The van der Waals surface area contributed by atoms with Crippen LogP contribution in [0.3, 0.4) is 0 Å². The van der Waals surface area contributed by atoms with E-state index < -0.39 is 0 Å². The van der Waals surface area contributed by atoms with Gasteiger partial charge in [0.2, 0.25) is 0 Å². The van der Waals surface area contributed by atoms with Crippen LogP contribution in [0.25, 0.3) is 5.69 Å². The van der Waals surface area contributed by atoms with Crippen molar-refractivity contribution in [1.29, 1.82) is 0 Å². The molecule has 8 heteroatoms. The van der Waals surface area contributed by atoms with Crippen LogP contribution in [-0.4, -0.2) is 45.8 Å². The SMILES string of the molecule is CN=C(NCCc1ccn(-c2ccc(F)cc2)n1)N(C)Cc1cc(Cl)cn1C. The molecule has 0 bridgehead atoms. The monoisotopic (exact) mass is 402 g/mol. The van der Waals surface area contributed by atoms with Crippen LogP contribution in [0.15, 0.2) is 53.8 Å². The lowest BCUT2D eigenvalue weighted by Gasteiger charge is -2.22. The summed E-state index contributed by atoms with van der Waals surface area (Å²) in [7, 11) is 5.72. The van der Waals surface area contributed by atoms with E-state index in [0.29, 0.717) is 13.1 Å². The zero-order valence-corrected chi connectivity index (χ0v) is 17.0. The summed E-state index contributed by atoms with van der Waals surface area (Å²) < 4.78 is 16.8. The van der Waals surface area contributed by atoms with Gasteiger partial charge in [-0.3, -0.25) is 4.99 Å². The molecule has 28 heavy (non-hydrogen) atoms. The predicted molar refractivity (Wildman–Crippen MR) is 110 cm³/mol. The van der Waals surface area contributed by atoms with Gasteiger partial charge in [-0.1, -0.05) is 11.6 Å². The van der Waals surface area contributed by atoms with E-state index in [1.165, 1.54) is 12.1 Å². The van der Waals surface area contributed by atoms with Crippen molar-refractivity contribution in [2.75, 3.05) is 20.6 Å². The smallest absolute Gasteiger partial charge is 0.193 e. The van der Waals surface area contributed by atoms with Gasteiger partial charge in [-0.2, -0.15) is 5.10 Å². The molecule has 1 N–H and O–H groups in total. The highest BCUT2D eigenvalue weighted by molar-refractivity contribution is 6.30. The van der Waals surface area contributed by atoms with Crippen molar-refractivity contribution < 1.29 is 4.39 Å². The summed E-state index contributed by atoms with van der Waals surface area (Å²) in [6, 6.07) is 10.2. The molecular formula is C20H24ClFN6. The minimum absolute atomic E-state index is 0.256. The molecule has 148 valence electrons. The Morgan fingerprint density at radius 2 is 2.04 bits per heavy atom. The van der Waals surface area contributed by atoms with Crippen LogP contribution in [0.1, 0.15) is 11.4 Å². The van der Waals surface area contributed by atoms with Crippen molar-refractivity contribution in [3.05, 3.63) is 71.0 Å². The van der Waals surface area contributed by atoms with Crippen molar-refractivity contribution in [2.24, 2.45) is 12.0 Å². The largest absolute Gasteiger partial charge is 0.356 e. The lowest BCUT2D eigenvalue weighted by atomic mass is 10.3. The maximum absolute atomic E-state index is 13.0. The van der Waals surface area contributed by atoms with Crippen molar-refractivity contribution in [2.45, 2.75) is 13.0 Å². The second-order valence-electron chi connectivity index (χ2n) is 6.57. The third-order valence-electron chi connectivity index (χ3n) is 4.45. The molecular weight excluding hydrogens is 379 g/mol. The van der Waals surface area contributed by atoms with E-state index in [9.17, 15) is 4.39 Å². The van der Waals surface area contributed by atoms with Crippen LogP contribution >= 0.6 is 11.6 Å². The molecule has 2 heterocycles. The molecule has 0 spiro atoms. The number of aryl methyl sites for hydroxylation is 1. The van der Waals surface area contributed by atoms with Crippen LogP contribution in [0, 0.1) is 5.82 Å². The highest BCUT2D eigenvalue weighted by Gasteiger charge is 2.10. The van der Waals surface area contributed by atoms with Gasteiger partial charge in [-0.15, -0.1) is 0 Å². The van der Waals surface area contributed by atoms with Crippen LogP contribution < -0.4 is 5.32 Å². The van der Waals surface area contributed by atoms with E-state index in [4.69, 9.17) is 11.6 Å². The van der Waals surface area contributed by atoms with E-state index in [2.05, 4.69) is 15.4 Å². The summed E-state index contributed by atoms with van der Waals surface area (Å²) in [5.41, 5.74) is 2.88. The first-order valence-corrected chi connectivity index (χ1v) is 9.37. The Morgan fingerprint density at radius 3 is 2.68 bits per heavy atom. The van der Waals surface area contributed by atoms with Gasteiger partial charge in [-0.25, -0.2) is 9.07 Å². The molecule has 0 aliphatic rings. The number of aliphatic imine (C=N–C) groups is 1. The Labute approximate surface area is 169 Å². The Morgan fingerprint density at radius 1 is 1.29 bits per heavy atom. The normalized spacial score (nSPS) is 11.7. The van der Waals surface area contributed by atoms with Crippen LogP contribution in [0.4, 0.5) is 4.39 Å². The Bertz CT molecular complexity index is 944. The molecule has 0 aliphatic carbocycles. The van der Waals surface area contributed by atoms with Gasteiger partial charge in [0.25, 0.3) is 0 Å². The molecule has 0 aliphatic heterocycles. The van der Waals surface area contributed by atoms with E-state index in [1.807, 2.05) is 48.1 Å². The summed E-state index contributed by atoms with van der Waals surface area (Å²) in [6.07, 6.45) is 4.51. The number of hydrogen-bond donors (Lipinski definition) is 1. The number of aromatic nitrogens is 3. The fourth-order valence-corrected chi connectivity index (χ4v) is 3.23. The van der Waals surface area contributed by atoms with Crippen molar-refractivity contribution in [1.82, 2.24) is 24.6 Å². The third-order valence-corrected chi connectivity index (χ3v) is 4.65. The highest BCUT2D eigenvalue weighted by atomic mass is 35.5. The quantitative estimate of drug-likeness (QED) is 0.508. The van der Waals surface area contributed by atoms with Gasteiger partial charge in [-0.05, 0) is 36.4 Å². The second-order valence-corrected chi connectivity index (χ2v) is 7.01. The van der Waals surface area contributed by atoms with E-state index in [1.54, 1.807) is 23.9 Å². The molecule has 0 fully saturated rings. The zero-order chi connectivity index (χ0) is 20.1. The first-order chi connectivity index (χ1) is 13.5. The maximum atomic E-state index is 13.0. The van der Waals surface area contributed by atoms with Gasteiger partial charge < -0.3 is 14.8 Å². The maximum Gasteiger partial charge on any atom is 0.193 e. The molecule has 0 amide bonds. The van der Waals surface area contributed by atoms with Crippen LogP contribution in [0.5, 0.6) is 0 Å². The molecule has 0 unspecified atom stereocenters. The number of hydrogen-bond acceptors (Lipinski definition) is 2. The summed E-state index contributed by atoms with van der Waals surface area (Å²) in [4.78, 5) is 6.39. The lowest BCUT2D eigenvalue weighted by Crippen LogP contribution is -2.39. The van der Waals surface area contributed by atoms with Crippen molar-refractivity contribution >= 4 is 17.6 Å². The molecule has 1 aromatic carbocycles. The van der Waals surface area contributed by atoms with Gasteiger partial charge in [0.05, 0.1) is 22.9 Å². The number of rotatable bonds is 6. The fraction of sp³-hybridized carbons (Fsp3) is 0.300. The lowest BCUT2D eigenvalue weighted by molar-refractivity contribution is 0.462. The van der Waals surface area contributed by atoms with Gasteiger partial charge in [0.1, 0.15) is 5.82 Å². The predicted octanol–water partition coefficient (Wildman–Crippen LogP) is 3.25. The summed E-state index contributed by atoms with van der Waals surface area (Å²) in [6.45, 7) is 1.40. The molecule has 0 saturated heterocycles. The summed E-state index contributed by atoms with van der Waals surface area (Å²) in [5.74, 6) is 0.545. The zero-order valence-electron chi connectivity index (χ0n) is 16.2. The minimum Gasteiger partial charge on any atom is -0.356 e. The third kappa shape index (κ3) is 4.92. The Balaban J connectivity index is 1.53. The van der Waals surface area contributed by atoms with E-state index >= 15 is 0 Å². The van der Waals surface area contributed by atoms with Gasteiger partial charge in [0.15, 0.2) is 5.96 Å². The average Bonchev–Trinajstić information content (AvgIpc) is 3.25. The fourth-order valence-electron chi connectivity index (χ4n) is 2.96. The molecule has 0 radical (unpaired) electrons. The van der Waals surface area contributed by atoms with Gasteiger partial charge in [0, 0.05) is 52.2 Å². The number of halogens is 2. The topological polar surface area (TPSA) is 50.4 Å². The van der Waals surface area contributed by atoms with Crippen molar-refractivity contribution in [3.63, 3.8) is 0 Å². The Hall–Kier alpha value is -2.80. The number of benzene rings is 1. The molecule has 2 aromatic heterocycles. The molecule has 0 atom stereocenters. The summed E-state index contributed by atoms with van der Waals surface area (Å²) >= 11 is 6.06. The van der Waals surface area contributed by atoms with E-state index in [0.717, 1.165) is 34.5 Å². The number of nitrogens with one attached hydrogen (secondary N) is 1. The van der Waals surface area contributed by atoms with Crippen molar-refractivity contribution in [3.8, 4) is 5.69 Å². The van der Waals surface area contributed by atoms with Crippen LogP contribution in [0.2, 0.25) is 5.02 Å². The second kappa shape index (κ2) is 8.93. The average molecular weight is 403 g/mol. The minimum atomic E-state index is -0.256. The summed E-state index contributed by atoms with van der Waals surface area (Å²) in [5, 5.41) is 8.63. The highest BCUT2D eigenvalue weighted by Crippen LogP contribution is 2.14.